The van der Waals surface area contributed by atoms with Crippen molar-refractivity contribution in [2.45, 2.75) is 19.9 Å². The van der Waals surface area contributed by atoms with Gasteiger partial charge in [-0.15, -0.1) is 0 Å². The molecule has 3 nitrogen and oxygen atoms in total. The van der Waals surface area contributed by atoms with E-state index in [0.717, 1.165) is 17.0 Å². The largest absolute Gasteiger partial charge is 0.494 e. The van der Waals surface area contributed by atoms with Crippen LogP contribution < -0.4 is 10.1 Å². The molecule has 0 saturated carbocycles. The fourth-order valence-electron chi connectivity index (χ4n) is 2.17. The lowest BCUT2D eigenvalue weighted by Gasteiger charge is -2.19. The van der Waals surface area contributed by atoms with Crippen LogP contribution in [0.4, 0.5) is 5.69 Å². The van der Waals surface area contributed by atoms with E-state index in [1.54, 1.807) is 18.2 Å². The zero-order valence-electron chi connectivity index (χ0n) is 12.1. The minimum atomic E-state index is -0.00156. The lowest BCUT2D eigenvalue weighted by Crippen LogP contribution is -2.10. The Hall–Kier alpha value is -2.18. The molecule has 1 N–H and O–H groups in total. The van der Waals surface area contributed by atoms with E-state index in [0.29, 0.717) is 17.2 Å². The van der Waals surface area contributed by atoms with Crippen LogP contribution in [0.1, 0.15) is 31.0 Å². The van der Waals surface area contributed by atoms with Crippen molar-refractivity contribution in [1.82, 2.24) is 0 Å². The third-order valence-corrected chi connectivity index (χ3v) is 3.39. The first-order chi connectivity index (χ1) is 10.2. The Bertz CT molecular complexity index is 664. The highest BCUT2D eigenvalue weighted by atomic mass is 35.5. The molecule has 0 aliphatic heterocycles. The smallest absolute Gasteiger partial charge is 0.124 e. The SMILES string of the molecule is CCOc1ccccc1C(C)Nc1cc(Cl)ccc1C#N. The van der Waals surface area contributed by atoms with E-state index in [1.807, 2.05) is 38.1 Å². The minimum absolute atomic E-state index is 0.00156. The summed E-state index contributed by atoms with van der Waals surface area (Å²) < 4.78 is 5.65. The number of rotatable bonds is 5. The molecule has 0 heterocycles. The van der Waals surface area contributed by atoms with Crippen molar-refractivity contribution in [2.24, 2.45) is 0 Å². The van der Waals surface area contributed by atoms with Gasteiger partial charge in [-0.2, -0.15) is 5.26 Å². The van der Waals surface area contributed by atoms with Crippen LogP contribution in [0.15, 0.2) is 42.5 Å². The van der Waals surface area contributed by atoms with Gasteiger partial charge in [0.25, 0.3) is 0 Å². The number of ether oxygens (including phenoxy) is 1. The van der Waals surface area contributed by atoms with Crippen LogP contribution in [0.5, 0.6) is 5.75 Å². The van der Waals surface area contributed by atoms with E-state index in [9.17, 15) is 5.26 Å². The van der Waals surface area contributed by atoms with Crippen LogP contribution in [0.2, 0.25) is 5.02 Å². The van der Waals surface area contributed by atoms with E-state index >= 15 is 0 Å². The average molecular weight is 301 g/mol. The molecule has 0 aliphatic carbocycles. The number of halogens is 1. The molecule has 0 spiro atoms. The number of nitrogens with zero attached hydrogens (tertiary/aromatic N) is 1. The molecule has 4 heteroatoms. The van der Waals surface area contributed by atoms with Crippen molar-refractivity contribution in [2.75, 3.05) is 11.9 Å². The highest BCUT2D eigenvalue weighted by Crippen LogP contribution is 2.30. The van der Waals surface area contributed by atoms with Crippen molar-refractivity contribution in [3.8, 4) is 11.8 Å². The number of para-hydroxylation sites is 1. The second kappa shape index (κ2) is 7.01. The Kier molecular flexibility index (Phi) is 5.08. The molecule has 0 bridgehead atoms. The van der Waals surface area contributed by atoms with E-state index in [4.69, 9.17) is 16.3 Å². The predicted octanol–water partition coefficient (Wildman–Crippen LogP) is 4.78. The zero-order valence-corrected chi connectivity index (χ0v) is 12.8. The molecule has 21 heavy (non-hydrogen) atoms. The van der Waals surface area contributed by atoms with Crippen molar-refractivity contribution < 1.29 is 4.74 Å². The molecule has 1 unspecified atom stereocenters. The molecule has 1 atom stereocenters. The maximum absolute atomic E-state index is 9.17. The van der Waals surface area contributed by atoms with Gasteiger partial charge in [0.15, 0.2) is 0 Å². The van der Waals surface area contributed by atoms with Crippen molar-refractivity contribution in [3.63, 3.8) is 0 Å². The van der Waals surface area contributed by atoms with Gasteiger partial charge in [0.1, 0.15) is 11.8 Å². The van der Waals surface area contributed by atoms with E-state index in [1.165, 1.54) is 0 Å². The summed E-state index contributed by atoms with van der Waals surface area (Å²) in [6.07, 6.45) is 0. The molecule has 2 aromatic carbocycles. The normalized spacial score (nSPS) is 11.5. The van der Waals surface area contributed by atoms with Crippen molar-refractivity contribution in [1.29, 1.82) is 5.26 Å². The minimum Gasteiger partial charge on any atom is -0.494 e. The van der Waals surface area contributed by atoms with Gasteiger partial charge in [0.05, 0.1) is 23.9 Å². The van der Waals surface area contributed by atoms with E-state index in [2.05, 4.69) is 11.4 Å². The van der Waals surface area contributed by atoms with Gasteiger partial charge in [-0.05, 0) is 38.1 Å². The van der Waals surface area contributed by atoms with E-state index < -0.39 is 0 Å². The monoisotopic (exact) mass is 300 g/mol. The maximum atomic E-state index is 9.17. The first-order valence-corrected chi connectivity index (χ1v) is 7.21. The average Bonchev–Trinajstić information content (AvgIpc) is 2.48. The maximum Gasteiger partial charge on any atom is 0.124 e. The van der Waals surface area contributed by atoms with Gasteiger partial charge in [0, 0.05) is 10.6 Å². The number of hydrogen-bond acceptors (Lipinski definition) is 3. The molecule has 0 aliphatic rings. The highest BCUT2D eigenvalue weighted by molar-refractivity contribution is 6.30. The number of hydrogen-bond donors (Lipinski definition) is 1. The Morgan fingerprint density at radius 1 is 1.29 bits per heavy atom. The second-order valence-corrected chi connectivity index (χ2v) is 5.08. The fourth-order valence-corrected chi connectivity index (χ4v) is 2.34. The van der Waals surface area contributed by atoms with E-state index in [-0.39, 0.29) is 6.04 Å². The first-order valence-electron chi connectivity index (χ1n) is 6.83. The van der Waals surface area contributed by atoms with Crippen LogP contribution in [0, 0.1) is 11.3 Å². The van der Waals surface area contributed by atoms with Gasteiger partial charge in [-0.1, -0.05) is 29.8 Å². The molecule has 0 fully saturated rings. The van der Waals surface area contributed by atoms with Crippen LogP contribution in [-0.4, -0.2) is 6.61 Å². The summed E-state index contributed by atoms with van der Waals surface area (Å²) in [5, 5.41) is 13.1. The lowest BCUT2D eigenvalue weighted by molar-refractivity contribution is 0.335. The first kappa shape index (κ1) is 15.2. The molecule has 0 radical (unpaired) electrons. The summed E-state index contributed by atoms with van der Waals surface area (Å²) in [5.41, 5.74) is 2.34. The Balaban J connectivity index is 2.28. The van der Waals surface area contributed by atoms with Crippen molar-refractivity contribution in [3.05, 3.63) is 58.6 Å². The van der Waals surface area contributed by atoms with Crippen LogP contribution >= 0.6 is 11.6 Å². The van der Waals surface area contributed by atoms with Gasteiger partial charge < -0.3 is 10.1 Å². The molecule has 0 saturated heterocycles. The summed E-state index contributed by atoms with van der Waals surface area (Å²) in [5.74, 6) is 0.848. The van der Waals surface area contributed by atoms with Gasteiger partial charge in [-0.25, -0.2) is 0 Å². The summed E-state index contributed by atoms with van der Waals surface area (Å²) in [6.45, 7) is 4.60. The van der Waals surface area contributed by atoms with Crippen molar-refractivity contribution >= 4 is 17.3 Å². The topological polar surface area (TPSA) is 45.0 Å². The Morgan fingerprint density at radius 2 is 2.05 bits per heavy atom. The number of nitrogens with one attached hydrogen (secondary N) is 1. The molecule has 2 rings (SSSR count). The van der Waals surface area contributed by atoms with Gasteiger partial charge in [0.2, 0.25) is 0 Å². The Morgan fingerprint density at radius 3 is 2.76 bits per heavy atom. The van der Waals surface area contributed by atoms with Gasteiger partial charge in [-0.3, -0.25) is 0 Å². The molecular weight excluding hydrogens is 284 g/mol. The summed E-state index contributed by atoms with van der Waals surface area (Å²) in [4.78, 5) is 0. The lowest BCUT2D eigenvalue weighted by atomic mass is 10.1. The van der Waals surface area contributed by atoms with Crippen LogP contribution in [0.25, 0.3) is 0 Å². The van der Waals surface area contributed by atoms with Gasteiger partial charge >= 0.3 is 0 Å². The highest BCUT2D eigenvalue weighted by Gasteiger charge is 2.13. The van der Waals surface area contributed by atoms with Crippen LogP contribution in [0.3, 0.4) is 0 Å². The quantitative estimate of drug-likeness (QED) is 0.864. The summed E-state index contributed by atoms with van der Waals surface area (Å²) >= 11 is 6.01. The third kappa shape index (κ3) is 3.68. The number of benzene rings is 2. The zero-order chi connectivity index (χ0) is 15.2. The Labute approximate surface area is 130 Å². The molecule has 0 amide bonds. The molecule has 0 aromatic heterocycles. The number of anilines is 1. The molecular formula is C17H17ClN2O. The second-order valence-electron chi connectivity index (χ2n) is 4.64. The predicted molar refractivity (Wildman–Crippen MR) is 85.8 cm³/mol. The third-order valence-electron chi connectivity index (χ3n) is 3.16. The van der Waals surface area contributed by atoms with Crippen LogP contribution in [-0.2, 0) is 0 Å². The molecule has 108 valence electrons. The number of nitriles is 1. The fraction of sp³-hybridized carbons (Fsp3) is 0.235. The summed E-state index contributed by atoms with van der Waals surface area (Å²) in [6, 6.07) is 15.2. The summed E-state index contributed by atoms with van der Waals surface area (Å²) in [7, 11) is 0. The molecule has 2 aromatic rings. The standard InChI is InChI=1S/C17H17ClN2O/c1-3-21-17-7-5-4-6-15(17)12(2)20-16-10-14(18)9-8-13(16)11-19/h4-10,12,20H,3H2,1-2H3.